The van der Waals surface area contributed by atoms with Crippen LogP contribution in [-0.2, 0) is 61.9 Å². The van der Waals surface area contributed by atoms with E-state index in [0.29, 0.717) is 12.8 Å². The molecule has 3 rings (SSSR count). The zero-order valence-corrected chi connectivity index (χ0v) is 37.2. The van der Waals surface area contributed by atoms with Crippen molar-refractivity contribution >= 4 is 29.7 Å². The van der Waals surface area contributed by atoms with Gasteiger partial charge in [-0.25, -0.2) is 0 Å². The quantitative estimate of drug-likeness (QED) is 0.251. The molecule has 3 heterocycles. The van der Waals surface area contributed by atoms with E-state index in [1.807, 2.05) is 32.8 Å². The highest BCUT2D eigenvalue weighted by Crippen LogP contribution is 2.41. The van der Waals surface area contributed by atoms with Crippen LogP contribution in [0, 0.1) is 29.6 Å². The SMILES string of the molecule is CCC1OC(=O)[C@H](C)C(O[C@H]2C[C@@](C)(O)[C@@H](OC(C)=O)[C@H](C)O2)[C@H](C)[C@@H](O[C@@H]2O[C@H](C)C[C@H](N(C)C)[C@H]2OC(C)=O)[C@](C)(O)C[C@@H](C)C(=O)[C@H](C)[C@@H](OC(C)=O)[C@H]1C. The van der Waals surface area contributed by atoms with Crippen molar-refractivity contribution in [2.24, 2.45) is 29.6 Å². The number of nitrogens with zero attached hydrogens (tertiary/aromatic N) is 1. The van der Waals surface area contributed by atoms with Crippen molar-refractivity contribution in [1.29, 1.82) is 0 Å². The molecule has 16 nitrogen and oxygen atoms in total. The number of ether oxygens (including phenoxy) is 8. The second-order valence-electron chi connectivity index (χ2n) is 17.8. The van der Waals surface area contributed by atoms with Crippen LogP contribution >= 0.6 is 0 Å². The number of Topliss-reactive ketones (excluding diaryl/α,β-unsaturated/α-hetero) is 1. The average molecular weight is 830 g/mol. The number of aliphatic hydroxyl groups is 2. The van der Waals surface area contributed by atoms with Crippen molar-refractivity contribution in [3.63, 3.8) is 0 Å². The molecule has 0 bridgehead atoms. The number of esters is 4. The summed E-state index contributed by atoms with van der Waals surface area (Å²) in [5.41, 5.74) is -3.45. The predicted molar refractivity (Wildman–Crippen MR) is 209 cm³/mol. The summed E-state index contributed by atoms with van der Waals surface area (Å²) in [5, 5.41) is 24.2. The first-order valence-electron chi connectivity index (χ1n) is 20.7. The minimum Gasteiger partial charge on any atom is -0.462 e. The number of likely N-dealkylation sites (N-methyl/N-ethyl adjacent to an activating group) is 1. The summed E-state index contributed by atoms with van der Waals surface area (Å²) >= 11 is 0. The molecular formula is C42H71NO15. The van der Waals surface area contributed by atoms with Crippen LogP contribution in [0.5, 0.6) is 0 Å². The molecule has 2 unspecified atom stereocenters. The third-order valence-corrected chi connectivity index (χ3v) is 12.1. The first-order chi connectivity index (χ1) is 26.7. The molecule has 3 fully saturated rings. The Bertz CT molecular complexity index is 1430. The maximum atomic E-state index is 14.4. The summed E-state index contributed by atoms with van der Waals surface area (Å²) < 4.78 is 49.2. The summed E-state index contributed by atoms with van der Waals surface area (Å²) in [5.74, 6) is -6.93. The van der Waals surface area contributed by atoms with Gasteiger partial charge in [-0.15, -0.1) is 0 Å². The smallest absolute Gasteiger partial charge is 0.311 e. The number of carbonyl (C=O) groups is 5. The van der Waals surface area contributed by atoms with Crippen LogP contribution in [0.15, 0.2) is 0 Å². The fourth-order valence-electron chi connectivity index (χ4n) is 9.25. The molecule has 3 aliphatic heterocycles. The monoisotopic (exact) mass is 829 g/mol. The van der Waals surface area contributed by atoms with Crippen molar-refractivity contribution in [2.75, 3.05) is 14.1 Å². The summed E-state index contributed by atoms with van der Waals surface area (Å²) in [7, 11) is 3.70. The van der Waals surface area contributed by atoms with Gasteiger partial charge in [0, 0.05) is 44.9 Å². The summed E-state index contributed by atoms with van der Waals surface area (Å²) in [6.07, 6.45) is -9.10. The van der Waals surface area contributed by atoms with Gasteiger partial charge in [-0.2, -0.15) is 0 Å². The van der Waals surface area contributed by atoms with Crippen LogP contribution in [0.1, 0.15) is 116 Å². The standard InChI is InChI=1S/C42H71NO15/c1-16-31-22(4)34(53-27(9)44)23(5)33(47)20(2)18-41(12,49)37(58-40-36(54-28(10)45)30(43(14)15)17-21(3)51-40)24(6)35(25(7)39(48)56-31)57-32-19-42(13,50)38(26(8)52-32)55-29(11)46/h20-26,30-32,34-38,40,49-50H,16-19H2,1-15H3/t20-,21-,22+,23+,24+,25-,26+,30+,31?,32+,34+,35?,36-,37-,38+,40+,41-,42-/m1/s1. The van der Waals surface area contributed by atoms with Gasteiger partial charge in [-0.1, -0.05) is 34.6 Å². The van der Waals surface area contributed by atoms with Crippen LogP contribution < -0.4 is 0 Å². The molecule has 0 radical (unpaired) electrons. The zero-order valence-electron chi connectivity index (χ0n) is 37.2. The lowest BCUT2D eigenvalue weighted by atomic mass is 9.74. The Balaban J connectivity index is 2.24. The highest BCUT2D eigenvalue weighted by Gasteiger charge is 2.53. The highest BCUT2D eigenvalue weighted by atomic mass is 16.7. The van der Waals surface area contributed by atoms with Crippen molar-refractivity contribution in [3.8, 4) is 0 Å². The van der Waals surface area contributed by atoms with Crippen LogP contribution in [-0.4, -0.2) is 138 Å². The first-order valence-corrected chi connectivity index (χ1v) is 20.7. The molecule has 0 saturated carbocycles. The number of cyclic esters (lactones) is 1. The van der Waals surface area contributed by atoms with Gasteiger partial charge in [0.25, 0.3) is 0 Å². The second-order valence-corrected chi connectivity index (χ2v) is 17.8. The average Bonchev–Trinajstić information content (AvgIpc) is 3.10. The Labute approximate surface area is 344 Å². The maximum Gasteiger partial charge on any atom is 0.311 e. The Morgan fingerprint density at radius 2 is 1.29 bits per heavy atom. The number of ketones is 1. The first kappa shape index (κ1) is 49.6. The van der Waals surface area contributed by atoms with E-state index in [1.165, 1.54) is 34.6 Å². The predicted octanol–water partition coefficient (Wildman–Crippen LogP) is 3.73. The van der Waals surface area contributed by atoms with Gasteiger partial charge < -0.3 is 53.0 Å². The maximum absolute atomic E-state index is 14.4. The Hall–Kier alpha value is -2.73. The van der Waals surface area contributed by atoms with E-state index in [1.54, 1.807) is 41.5 Å². The van der Waals surface area contributed by atoms with Gasteiger partial charge in [0.05, 0.1) is 47.9 Å². The van der Waals surface area contributed by atoms with E-state index < -0.39 is 120 Å². The molecule has 0 amide bonds. The molecule has 0 aliphatic carbocycles. The van der Waals surface area contributed by atoms with Crippen LogP contribution in [0.4, 0.5) is 0 Å². The normalized spacial score (nSPS) is 43.5. The lowest BCUT2D eigenvalue weighted by molar-refractivity contribution is -0.317. The zero-order chi connectivity index (χ0) is 44.2. The van der Waals surface area contributed by atoms with Gasteiger partial charge in [-0.05, 0) is 68.0 Å². The third kappa shape index (κ3) is 12.2. The van der Waals surface area contributed by atoms with E-state index in [4.69, 9.17) is 37.9 Å². The molecule has 3 aliphatic rings. The Morgan fingerprint density at radius 1 is 0.741 bits per heavy atom. The summed E-state index contributed by atoms with van der Waals surface area (Å²) in [4.78, 5) is 67.3. The van der Waals surface area contributed by atoms with Crippen LogP contribution in [0.25, 0.3) is 0 Å². The molecule has 0 aromatic rings. The molecule has 334 valence electrons. The Kier molecular flexibility index (Phi) is 17.3. The van der Waals surface area contributed by atoms with Crippen molar-refractivity contribution in [1.82, 2.24) is 4.90 Å². The van der Waals surface area contributed by atoms with Gasteiger partial charge in [-0.3, -0.25) is 24.0 Å². The molecule has 0 aromatic heterocycles. The van der Waals surface area contributed by atoms with E-state index in [2.05, 4.69) is 0 Å². The summed E-state index contributed by atoms with van der Waals surface area (Å²) in [6, 6.07) is -0.339. The molecule has 58 heavy (non-hydrogen) atoms. The van der Waals surface area contributed by atoms with Crippen molar-refractivity contribution < 1.29 is 72.1 Å². The molecule has 16 heteroatoms. The van der Waals surface area contributed by atoms with Gasteiger partial charge in [0.2, 0.25) is 0 Å². The molecule has 2 N–H and O–H groups in total. The van der Waals surface area contributed by atoms with Gasteiger partial charge in [0.15, 0.2) is 24.8 Å². The van der Waals surface area contributed by atoms with Crippen LogP contribution in [0.3, 0.4) is 0 Å². The van der Waals surface area contributed by atoms with Crippen molar-refractivity contribution in [2.45, 2.75) is 194 Å². The van der Waals surface area contributed by atoms with Gasteiger partial charge in [0.1, 0.15) is 23.6 Å². The number of rotatable bonds is 9. The molecule has 3 saturated heterocycles. The third-order valence-electron chi connectivity index (χ3n) is 12.1. The van der Waals surface area contributed by atoms with E-state index in [9.17, 15) is 34.2 Å². The number of hydrogen-bond acceptors (Lipinski definition) is 16. The van der Waals surface area contributed by atoms with Crippen LogP contribution in [0.2, 0.25) is 0 Å². The van der Waals surface area contributed by atoms with E-state index in [-0.39, 0.29) is 30.8 Å². The second kappa shape index (κ2) is 20.2. The fraction of sp³-hybridized carbons (Fsp3) is 0.881. The fourth-order valence-corrected chi connectivity index (χ4v) is 9.25. The minimum absolute atomic E-state index is 0.136. The molecule has 0 aromatic carbocycles. The Morgan fingerprint density at radius 3 is 1.81 bits per heavy atom. The number of hydrogen-bond donors (Lipinski definition) is 2. The highest BCUT2D eigenvalue weighted by molar-refractivity contribution is 5.84. The summed E-state index contributed by atoms with van der Waals surface area (Å²) in [6.45, 7) is 20.6. The van der Waals surface area contributed by atoms with E-state index in [0.717, 1.165) is 0 Å². The lowest BCUT2D eigenvalue weighted by Gasteiger charge is -2.49. The molecule has 18 atom stereocenters. The van der Waals surface area contributed by atoms with Crippen molar-refractivity contribution in [3.05, 3.63) is 0 Å². The van der Waals surface area contributed by atoms with E-state index >= 15 is 0 Å². The lowest BCUT2D eigenvalue weighted by Crippen LogP contribution is -2.61. The largest absolute Gasteiger partial charge is 0.462 e. The topological polar surface area (TPSA) is 203 Å². The molecule has 0 spiro atoms. The minimum atomic E-state index is -1.84. The number of carbonyl (C=O) groups excluding carboxylic acids is 5. The van der Waals surface area contributed by atoms with Gasteiger partial charge >= 0.3 is 23.9 Å². The molecular weight excluding hydrogens is 758 g/mol.